The van der Waals surface area contributed by atoms with Gasteiger partial charge in [-0.2, -0.15) is 0 Å². The number of aryl methyl sites for hydroxylation is 1. The van der Waals surface area contributed by atoms with Gasteiger partial charge in [-0.1, -0.05) is 32.3 Å². The minimum atomic E-state index is -0.496. The maximum atomic E-state index is 11.9. The highest BCUT2D eigenvalue weighted by atomic mass is 16.5. The molecule has 0 unspecified atom stereocenters. The standard InChI is InChI=1S/C18H28O4/c1-4-5-6-7-15(19)13-16(20)10-8-14-9-11-17(21-2)18(12-14)22-3/h9,11-12,15,19H,4-8,10,13H2,1-3H3/t15-/m1/s1. The average molecular weight is 308 g/mol. The minimum absolute atomic E-state index is 0.110. The number of ketones is 1. The van der Waals surface area contributed by atoms with Gasteiger partial charge in [-0.3, -0.25) is 4.79 Å². The lowest BCUT2D eigenvalue weighted by Gasteiger charge is -2.11. The van der Waals surface area contributed by atoms with Crippen LogP contribution in [0.15, 0.2) is 18.2 Å². The predicted octanol–water partition coefficient (Wildman–Crippen LogP) is 3.54. The van der Waals surface area contributed by atoms with Gasteiger partial charge in [0.25, 0.3) is 0 Å². The molecule has 4 nitrogen and oxygen atoms in total. The van der Waals surface area contributed by atoms with Gasteiger partial charge >= 0.3 is 0 Å². The molecule has 0 saturated heterocycles. The van der Waals surface area contributed by atoms with Crippen molar-refractivity contribution in [3.05, 3.63) is 23.8 Å². The maximum Gasteiger partial charge on any atom is 0.160 e. The van der Waals surface area contributed by atoms with E-state index in [1.54, 1.807) is 14.2 Å². The summed E-state index contributed by atoms with van der Waals surface area (Å²) in [5.74, 6) is 1.47. The Labute approximate surface area is 133 Å². The van der Waals surface area contributed by atoms with E-state index in [1.807, 2.05) is 18.2 Å². The van der Waals surface area contributed by atoms with Crippen LogP contribution in [0, 0.1) is 0 Å². The summed E-state index contributed by atoms with van der Waals surface area (Å²) in [6.07, 6.45) is 4.80. The molecule has 0 radical (unpaired) electrons. The summed E-state index contributed by atoms with van der Waals surface area (Å²) in [7, 11) is 3.19. The molecule has 0 bridgehead atoms. The molecule has 4 heteroatoms. The summed E-state index contributed by atoms with van der Waals surface area (Å²) in [5, 5.41) is 9.84. The number of ether oxygens (including phenoxy) is 2. The Morgan fingerprint density at radius 3 is 2.55 bits per heavy atom. The molecule has 0 spiro atoms. The van der Waals surface area contributed by atoms with Gasteiger partial charge in [-0.25, -0.2) is 0 Å². The first-order valence-corrected chi connectivity index (χ1v) is 8.01. The molecule has 0 fully saturated rings. The SMILES string of the molecule is CCCCC[C@@H](O)CC(=O)CCc1ccc(OC)c(OC)c1. The van der Waals surface area contributed by atoms with Crippen molar-refractivity contribution in [1.29, 1.82) is 0 Å². The largest absolute Gasteiger partial charge is 0.493 e. The number of Topliss-reactive ketones (excluding diaryl/α,β-unsaturated/α-hetero) is 1. The van der Waals surface area contributed by atoms with Crippen molar-refractivity contribution < 1.29 is 19.4 Å². The maximum absolute atomic E-state index is 11.9. The number of aliphatic hydroxyl groups excluding tert-OH is 1. The number of aliphatic hydroxyl groups is 1. The lowest BCUT2D eigenvalue weighted by atomic mass is 10.0. The Balaban J connectivity index is 2.40. The van der Waals surface area contributed by atoms with Gasteiger partial charge in [0.1, 0.15) is 5.78 Å². The van der Waals surface area contributed by atoms with Crippen LogP contribution in [0.2, 0.25) is 0 Å². The number of rotatable bonds is 11. The zero-order chi connectivity index (χ0) is 16.4. The molecule has 1 atom stereocenters. The number of carbonyl (C=O) groups is 1. The van der Waals surface area contributed by atoms with Crippen LogP contribution < -0.4 is 9.47 Å². The zero-order valence-corrected chi connectivity index (χ0v) is 13.9. The normalized spacial score (nSPS) is 12.0. The Kier molecular flexibility index (Phi) is 8.60. The fourth-order valence-corrected chi connectivity index (χ4v) is 2.42. The van der Waals surface area contributed by atoms with Gasteiger partial charge in [0.2, 0.25) is 0 Å². The van der Waals surface area contributed by atoms with Crippen molar-refractivity contribution in [2.45, 2.75) is 58.0 Å². The number of benzene rings is 1. The molecule has 0 aliphatic heterocycles. The van der Waals surface area contributed by atoms with E-state index in [0.29, 0.717) is 24.3 Å². The van der Waals surface area contributed by atoms with Crippen LogP contribution in [0.4, 0.5) is 0 Å². The lowest BCUT2D eigenvalue weighted by Crippen LogP contribution is -2.13. The Morgan fingerprint density at radius 1 is 1.18 bits per heavy atom. The molecule has 1 rings (SSSR count). The van der Waals surface area contributed by atoms with Crippen LogP contribution in [0.25, 0.3) is 0 Å². The third-order valence-electron chi connectivity index (χ3n) is 3.74. The first-order chi connectivity index (χ1) is 10.6. The molecule has 0 heterocycles. The molecule has 22 heavy (non-hydrogen) atoms. The highest BCUT2D eigenvalue weighted by molar-refractivity contribution is 5.79. The molecule has 124 valence electrons. The van der Waals surface area contributed by atoms with E-state index in [9.17, 15) is 9.90 Å². The fraction of sp³-hybridized carbons (Fsp3) is 0.611. The van der Waals surface area contributed by atoms with Crippen molar-refractivity contribution in [2.75, 3.05) is 14.2 Å². The smallest absolute Gasteiger partial charge is 0.160 e. The van der Waals surface area contributed by atoms with E-state index in [-0.39, 0.29) is 12.2 Å². The second kappa shape index (κ2) is 10.2. The predicted molar refractivity (Wildman–Crippen MR) is 87.6 cm³/mol. The highest BCUT2D eigenvalue weighted by Gasteiger charge is 2.11. The average Bonchev–Trinajstić information content (AvgIpc) is 2.52. The molecule has 0 aromatic heterocycles. The molecule has 0 aliphatic rings. The van der Waals surface area contributed by atoms with Crippen molar-refractivity contribution in [3.8, 4) is 11.5 Å². The molecule has 1 N–H and O–H groups in total. The second-order valence-electron chi connectivity index (χ2n) is 5.58. The fourth-order valence-electron chi connectivity index (χ4n) is 2.42. The van der Waals surface area contributed by atoms with Crippen LogP contribution in [0.1, 0.15) is 51.0 Å². The van der Waals surface area contributed by atoms with Gasteiger partial charge in [0, 0.05) is 12.8 Å². The Morgan fingerprint density at radius 2 is 1.91 bits per heavy atom. The third-order valence-corrected chi connectivity index (χ3v) is 3.74. The topological polar surface area (TPSA) is 55.8 Å². The molecular formula is C18H28O4. The second-order valence-corrected chi connectivity index (χ2v) is 5.58. The van der Waals surface area contributed by atoms with Crippen molar-refractivity contribution >= 4 is 5.78 Å². The van der Waals surface area contributed by atoms with Crippen LogP contribution in [0.5, 0.6) is 11.5 Å². The van der Waals surface area contributed by atoms with Gasteiger partial charge in [-0.05, 0) is 30.5 Å². The Bertz CT molecular complexity index is 456. The summed E-state index contributed by atoms with van der Waals surface area (Å²) < 4.78 is 10.4. The van der Waals surface area contributed by atoms with E-state index < -0.39 is 6.10 Å². The molecule has 0 saturated carbocycles. The van der Waals surface area contributed by atoms with E-state index in [4.69, 9.17) is 9.47 Å². The number of hydrogen-bond donors (Lipinski definition) is 1. The Hall–Kier alpha value is -1.55. The van der Waals surface area contributed by atoms with Gasteiger partial charge in [0.05, 0.1) is 20.3 Å². The molecule has 1 aromatic rings. The minimum Gasteiger partial charge on any atom is -0.493 e. The number of unbranched alkanes of at least 4 members (excludes halogenated alkanes) is 2. The van der Waals surface area contributed by atoms with Crippen LogP contribution >= 0.6 is 0 Å². The van der Waals surface area contributed by atoms with Crippen molar-refractivity contribution in [3.63, 3.8) is 0 Å². The van der Waals surface area contributed by atoms with Gasteiger partial charge in [-0.15, -0.1) is 0 Å². The molecular weight excluding hydrogens is 280 g/mol. The molecule has 0 aliphatic carbocycles. The summed E-state index contributed by atoms with van der Waals surface area (Å²) in [6, 6.07) is 5.67. The first-order valence-electron chi connectivity index (χ1n) is 8.01. The number of methoxy groups -OCH3 is 2. The molecule has 0 amide bonds. The lowest BCUT2D eigenvalue weighted by molar-refractivity contribution is -0.121. The third kappa shape index (κ3) is 6.48. The first kappa shape index (κ1) is 18.5. The van der Waals surface area contributed by atoms with Gasteiger partial charge in [0.15, 0.2) is 11.5 Å². The van der Waals surface area contributed by atoms with Crippen LogP contribution in [0.3, 0.4) is 0 Å². The summed E-state index contributed by atoms with van der Waals surface area (Å²) in [5.41, 5.74) is 1.03. The number of carbonyl (C=O) groups excluding carboxylic acids is 1. The zero-order valence-electron chi connectivity index (χ0n) is 13.9. The monoisotopic (exact) mass is 308 g/mol. The summed E-state index contributed by atoms with van der Waals surface area (Å²) >= 11 is 0. The molecule has 1 aromatic carbocycles. The van der Waals surface area contributed by atoms with E-state index in [1.165, 1.54) is 0 Å². The van der Waals surface area contributed by atoms with E-state index in [2.05, 4.69) is 6.92 Å². The quantitative estimate of drug-likeness (QED) is 0.635. The van der Waals surface area contributed by atoms with Gasteiger partial charge < -0.3 is 14.6 Å². The van der Waals surface area contributed by atoms with Crippen molar-refractivity contribution in [2.24, 2.45) is 0 Å². The number of hydrogen-bond acceptors (Lipinski definition) is 4. The van der Waals surface area contributed by atoms with E-state index >= 15 is 0 Å². The van der Waals surface area contributed by atoms with Crippen LogP contribution in [-0.4, -0.2) is 31.2 Å². The summed E-state index contributed by atoms with van der Waals surface area (Å²) in [4.78, 5) is 11.9. The highest BCUT2D eigenvalue weighted by Crippen LogP contribution is 2.28. The van der Waals surface area contributed by atoms with Crippen molar-refractivity contribution in [1.82, 2.24) is 0 Å². The van der Waals surface area contributed by atoms with Crippen LogP contribution in [-0.2, 0) is 11.2 Å². The summed E-state index contributed by atoms with van der Waals surface area (Å²) in [6.45, 7) is 2.13. The van der Waals surface area contributed by atoms with E-state index in [0.717, 1.165) is 31.2 Å².